The molecule has 0 saturated carbocycles. The molecule has 0 aliphatic carbocycles. The molecule has 0 saturated heterocycles. The molecule has 1 amide bonds. The van der Waals surface area contributed by atoms with Crippen LogP contribution in [0, 0.1) is 34.6 Å². The van der Waals surface area contributed by atoms with Crippen molar-refractivity contribution in [2.45, 2.75) is 45.6 Å². The zero-order chi connectivity index (χ0) is 16.5. The number of nitrogens with two attached hydrogens (primary N) is 1. The first-order valence-corrected chi connectivity index (χ1v) is 8.03. The van der Waals surface area contributed by atoms with Crippen LogP contribution in [0.1, 0.15) is 27.8 Å². The first-order chi connectivity index (χ1) is 9.50. The van der Waals surface area contributed by atoms with Crippen molar-refractivity contribution < 1.29 is 18.3 Å². The van der Waals surface area contributed by atoms with Crippen LogP contribution in [0.3, 0.4) is 0 Å². The Morgan fingerprint density at radius 2 is 1.43 bits per heavy atom. The number of rotatable bonds is 5. The van der Waals surface area contributed by atoms with Crippen LogP contribution in [-0.2, 0) is 14.8 Å². The highest BCUT2D eigenvalue weighted by molar-refractivity contribution is 7.89. The maximum absolute atomic E-state index is 12.4. The predicted octanol–water partition coefficient (Wildman–Crippen LogP) is 0.353. The van der Waals surface area contributed by atoms with E-state index in [0.717, 1.165) is 16.7 Å². The van der Waals surface area contributed by atoms with E-state index in [4.69, 9.17) is 5.73 Å². The topological polar surface area (TPSA) is 109 Å². The van der Waals surface area contributed by atoms with Crippen molar-refractivity contribution in [3.63, 3.8) is 0 Å². The van der Waals surface area contributed by atoms with E-state index in [0.29, 0.717) is 11.1 Å². The van der Waals surface area contributed by atoms with Gasteiger partial charge in [-0.1, -0.05) is 0 Å². The van der Waals surface area contributed by atoms with Crippen molar-refractivity contribution in [3.05, 3.63) is 27.8 Å². The SMILES string of the molecule is Cc1c(C)c(C)c(S(=O)(=O)NCC(O)C(N)=O)c(C)c1C. The lowest BCUT2D eigenvalue weighted by atomic mass is 9.95. The number of aliphatic hydroxyl groups excluding tert-OH is 1. The molecule has 21 heavy (non-hydrogen) atoms. The number of aliphatic hydroxyl groups is 1. The smallest absolute Gasteiger partial charge is 0.247 e. The van der Waals surface area contributed by atoms with Crippen LogP contribution in [0.5, 0.6) is 0 Å². The Hall–Kier alpha value is -1.44. The van der Waals surface area contributed by atoms with Gasteiger partial charge in [-0.3, -0.25) is 4.79 Å². The lowest BCUT2D eigenvalue weighted by Crippen LogP contribution is -2.40. The number of carbonyl (C=O) groups is 1. The molecule has 0 aliphatic heterocycles. The number of hydrogen-bond donors (Lipinski definition) is 3. The molecule has 118 valence electrons. The van der Waals surface area contributed by atoms with Gasteiger partial charge in [0.25, 0.3) is 0 Å². The van der Waals surface area contributed by atoms with Crippen LogP contribution in [0.4, 0.5) is 0 Å². The first-order valence-electron chi connectivity index (χ1n) is 6.54. The minimum absolute atomic E-state index is 0.194. The van der Waals surface area contributed by atoms with Crippen LogP contribution in [-0.4, -0.2) is 32.1 Å². The molecular weight excluding hydrogens is 292 g/mol. The monoisotopic (exact) mass is 314 g/mol. The fourth-order valence-electron chi connectivity index (χ4n) is 2.23. The summed E-state index contributed by atoms with van der Waals surface area (Å²) in [5.41, 5.74) is 9.11. The van der Waals surface area contributed by atoms with Crippen LogP contribution < -0.4 is 10.5 Å². The van der Waals surface area contributed by atoms with Gasteiger partial charge in [-0.05, 0) is 62.4 Å². The number of primary amides is 1. The summed E-state index contributed by atoms with van der Waals surface area (Å²) in [6.07, 6.45) is -1.55. The van der Waals surface area contributed by atoms with Gasteiger partial charge in [-0.25, -0.2) is 13.1 Å². The van der Waals surface area contributed by atoms with E-state index >= 15 is 0 Å². The molecular formula is C14H22N2O4S. The molecule has 0 fully saturated rings. The van der Waals surface area contributed by atoms with E-state index < -0.39 is 28.6 Å². The average molecular weight is 314 g/mol. The van der Waals surface area contributed by atoms with Gasteiger partial charge in [0.1, 0.15) is 6.10 Å². The highest BCUT2D eigenvalue weighted by atomic mass is 32.2. The fraction of sp³-hybridized carbons (Fsp3) is 0.500. The highest BCUT2D eigenvalue weighted by Gasteiger charge is 2.24. The van der Waals surface area contributed by atoms with E-state index in [-0.39, 0.29) is 4.90 Å². The van der Waals surface area contributed by atoms with Gasteiger partial charge >= 0.3 is 0 Å². The fourth-order valence-corrected chi connectivity index (χ4v) is 3.86. The molecule has 0 radical (unpaired) electrons. The Morgan fingerprint density at radius 1 is 1.05 bits per heavy atom. The summed E-state index contributed by atoms with van der Waals surface area (Å²) in [6, 6.07) is 0. The highest BCUT2D eigenvalue weighted by Crippen LogP contribution is 2.29. The molecule has 0 heterocycles. The summed E-state index contributed by atoms with van der Waals surface area (Å²) >= 11 is 0. The van der Waals surface area contributed by atoms with Gasteiger partial charge < -0.3 is 10.8 Å². The van der Waals surface area contributed by atoms with Crippen molar-refractivity contribution >= 4 is 15.9 Å². The predicted molar refractivity (Wildman–Crippen MR) is 80.5 cm³/mol. The minimum Gasteiger partial charge on any atom is -0.382 e. The molecule has 0 aromatic heterocycles. The standard InChI is InChI=1S/C14H22N2O4S/c1-7-8(2)10(4)13(11(5)9(7)3)21(19,20)16-6-12(17)14(15)18/h12,16-17H,6H2,1-5H3,(H2,15,18). The molecule has 0 bridgehead atoms. The third-order valence-electron chi connectivity index (χ3n) is 4.00. The van der Waals surface area contributed by atoms with Gasteiger partial charge in [0.2, 0.25) is 15.9 Å². The third kappa shape index (κ3) is 3.42. The Morgan fingerprint density at radius 3 is 1.81 bits per heavy atom. The largest absolute Gasteiger partial charge is 0.382 e. The molecule has 7 heteroatoms. The molecule has 1 atom stereocenters. The van der Waals surface area contributed by atoms with Crippen LogP contribution in [0.25, 0.3) is 0 Å². The molecule has 1 aromatic rings. The number of amides is 1. The second-order valence-corrected chi connectivity index (χ2v) is 6.93. The van der Waals surface area contributed by atoms with Crippen molar-refractivity contribution in [2.75, 3.05) is 6.54 Å². The summed E-state index contributed by atoms with van der Waals surface area (Å²) in [6.45, 7) is 8.73. The lowest BCUT2D eigenvalue weighted by molar-refractivity contribution is -0.125. The molecule has 4 N–H and O–H groups in total. The maximum atomic E-state index is 12.4. The van der Waals surface area contributed by atoms with Gasteiger partial charge in [0.15, 0.2) is 0 Å². The Kier molecular flexibility index (Phi) is 5.14. The second-order valence-electron chi connectivity index (χ2n) is 5.22. The summed E-state index contributed by atoms with van der Waals surface area (Å²) < 4.78 is 27.1. The quantitative estimate of drug-likeness (QED) is 0.728. The lowest BCUT2D eigenvalue weighted by Gasteiger charge is -2.19. The van der Waals surface area contributed by atoms with Gasteiger partial charge in [0, 0.05) is 6.54 Å². The maximum Gasteiger partial charge on any atom is 0.247 e. The van der Waals surface area contributed by atoms with Gasteiger partial charge in [-0.15, -0.1) is 0 Å². The third-order valence-corrected chi connectivity index (χ3v) is 5.69. The Labute approximate surface area is 125 Å². The van der Waals surface area contributed by atoms with E-state index in [9.17, 15) is 18.3 Å². The summed E-state index contributed by atoms with van der Waals surface area (Å²) in [5.74, 6) is -0.970. The molecule has 1 rings (SSSR count). The van der Waals surface area contributed by atoms with Crippen LogP contribution in [0.15, 0.2) is 4.90 Å². The van der Waals surface area contributed by atoms with Crippen molar-refractivity contribution in [3.8, 4) is 0 Å². The summed E-state index contributed by atoms with van der Waals surface area (Å²) in [5, 5.41) is 9.33. The number of carbonyl (C=O) groups excluding carboxylic acids is 1. The normalized spacial score (nSPS) is 13.2. The van der Waals surface area contributed by atoms with E-state index in [2.05, 4.69) is 4.72 Å². The Bertz CT molecular complexity index is 652. The van der Waals surface area contributed by atoms with Crippen molar-refractivity contribution in [1.29, 1.82) is 0 Å². The van der Waals surface area contributed by atoms with Gasteiger partial charge in [0.05, 0.1) is 4.90 Å². The molecule has 1 aromatic carbocycles. The zero-order valence-electron chi connectivity index (χ0n) is 12.9. The van der Waals surface area contributed by atoms with Crippen molar-refractivity contribution in [2.24, 2.45) is 5.73 Å². The van der Waals surface area contributed by atoms with Crippen molar-refractivity contribution in [1.82, 2.24) is 4.72 Å². The number of sulfonamides is 1. The summed E-state index contributed by atoms with van der Waals surface area (Å²) in [4.78, 5) is 11.0. The molecule has 0 aliphatic rings. The van der Waals surface area contributed by atoms with E-state index in [1.54, 1.807) is 13.8 Å². The second kappa shape index (κ2) is 6.13. The Balaban J connectivity index is 3.30. The molecule has 1 unspecified atom stereocenters. The number of hydrogen-bond acceptors (Lipinski definition) is 4. The van der Waals surface area contributed by atoms with E-state index in [1.165, 1.54) is 0 Å². The average Bonchev–Trinajstić information content (AvgIpc) is 2.40. The minimum atomic E-state index is -3.83. The van der Waals surface area contributed by atoms with Gasteiger partial charge in [-0.2, -0.15) is 0 Å². The van der Waals surface area contributed by atoms with Crippen LogP contribution >= 0.6 is 0 Å². The van der Waals surface area contributed by atoms with Crippen LogP contribution in [0.2, 0.25) is 0 Å². The summed E-state index contributed by atoms with van der Waals surface area (Å²) in [7, 11) is -3.83. The molecule has 0 spiro atoms. The number of nitrogens with one attached hydrogen (secondary N) is 1. The number of benzene rings is 1. The zero-order valence-corrected chi connectivity index (χ0v) is 13.8. The molecule has 6 nitrogen and oxygen atoms in total. The first kappa shape index (κ1) is 17.6. The van der Waals surface area contributed by atoms with E-state index in [1.807, 2.05) is 20.8 Å².